The van der Waals surface area contributed by atoms with Gasteiger partial charge in [-0.25, -0.2) is 4.39 Å². The Balaban J connectivity index is 2.21. The Labute approximate surface area is 103 Å². The first kappa shape index (κ1) is 10.4. The van der Waals surface area contributed by atoms with Gasteiger partial charge < -0.3 is 19.7 Å². The van der Waals surface area contributed by atoms with Crippen LogP contribution >= 0.6 is 15.9 Å². The maximum absolute atomic E-state index is 14.0. The number of nitrogens with two attached hydrogens (primary N) is 1. The van der Waals surface area contributed by atoms with E-state index in [1.807, 2.05) is 0 Å². The van der Waals surface area contributed by atoms with Crippen LogP contribution in [0.1, 0.15) is 0 Å². The van der Waals surface area contributed by atoms with Crippen molar-refractivity contribution in [3.05, 3.63) is 22.4 Å². The average molecular weight is 301 g/mol. The molecule has 2 N–H and O–H groups in total. The van der Waals surface area contributed by atoms with Crippen molar-refractivity contribution in [1.82, 2.24) is 5.16 Å². The number of fused-ring (bicyclic) bond motifs is 1. The molecule has 17 heavy (non-hydrogen) atoms. The minimum Gasteiger partial charge on any atom is -0.454 e. The average Bonchev–Trinajstić information content (AvgIpc) is 2.91. The van der Waals surface area contributed by atoms with Crippen LogP contribution in [0.2, 0.25) is 0 Å². The fourth-order valence-electron chi connectivity index (χ4n) is 1.58. The molecule has 1 aromatic heterocycles. The Kier molecular flexibility index (Phi) is 2.22. The van der Waals surface area contributed by atoms with Crippen molar-refractivity contribution < 1.29 is 18.4 Å². The van der Waals surface area contributed by atoms with Gasteiger partial charge in [0, 0.05) is 11.6 Å². The number of anilines is 1. The first-order valence-electron chi connectivity index (χ1n) is 4.67. The quantitative estimate of drug-likeness (QED) is 0.876. The van der Waals surface area contributed by atoms with E-state index in [4.69, 9.17) is 19.7 Å². The van der Waals surface area contributed by atoms with Crippen molar-refractivity contribution in [3.63, 3.8) is 0 Å². The molecule has 0 saturated carbocycles. The lowest BCUT2D eigenvalue weighted by atomic mass is 10.1. The van der Waals surface area contributed by atoms with Gasteiger partial charge in [-0.1, -0.05) is 5.16 Å². The zero-order valence-electron chi connectivity index (χ0n) is 8.37. The van der Waals surface area contributed by atoms with Crippen LogP contribution in [0.5, 0.6) is 11.5 Å². The summed E-state index contributed by atoms with van der Waals surface area (Å²) in [7, 11) is 0. The molecule has 0 bridgehead atoms. The highest BCUT2D eigenvalue weighted by atomic mass is 79.9. The lowest BCUT2D eigenvalue weighted by Gasteiger charge is -2.04. The summed E-state index contributed by atoms with van der Waals surface area (Å²) in [6.07, 6.45) is 0. The Morgan fingerprint density at radius 2 is 2.18 bits per heavy atom. The van der Waals surface area contributed by atoms with Crippen LogP contribution in [0.25, 0.3) is 11.3 Å². The summed E-state index contributed by atoms with van der Waals surface area (Å²) in [6.45, 7) is 0.0672. The second kappa shape index (κ2) is 3.63. The van der Waals surface area contributed by atoms with Crippen molar-refractivity contribution in [3.8, 4) is 22.8 Å². The van der Waals surface area contributed by atoms with Crippen molar-refractivity contribution in [2.45, 2.75) is 0 Å². The van der Waals surface area contributed by atoms with E-state index >= 15 is 0 Å². The fraction of sp³-hybridized carbons (Fsp3) is 0.100. The molecule has 0 atom stereocenters. The van der Waals surface area contributed by atoms with E-state index in [0.717, 1.165) is 0 Å². The SMILES string of the molecule is Nc1cc(-c2cc3c(c(Br)c2F)OCO3)no1. The van der Waals surface area contributed by atoms with Gasteiger partial charge >= 0.3 is 0 Å². The molecule has 1 aromatic carbocycles. The number of nitrogen functional groups attached to an aromatic ring is 1. The molecule has 3 rings (SSSR count). The second-order valence-corrected chi connectivity index (χ2v) is 4.19. The summed E-state index contributed by atoms with van der Waals surface area (Å²) >= 11 is 3.12. The van der Waals surface area contributed by atoms with Gasteiger partial charge in [0.25, 0.3) is 0 Å². The summed E-state index contributed by atoms with van der Waals surface area (Å²) in [5.41, 5.74) is 5.94. The minimum absolute atomic E-state index is 0.0672. The molecule has 0 unspecified atom stereocenters. The van der Waals surface area contributed by atoms with Gasteiger partial charge in [-0.05, 0) is 22.0 Å². The molecular formula is C10H6BrFN2O3. The predicted molar refractivity (Wildman–Crippen MR) is 60.1 cm³/mol. The number of aromatic nitrogens is 1. The molecule has 0 spiro atoms. The van der Waals surface area contributed by atoms with Gasteiger partial charge in [-0.15, -0.1) is 0 Å². The highest BCUT2D eigenvalue weighted by Crippen LogP contribution is 2.44. The van der Waals surface area contributed by atoms with Gasteiger partial charge in [-0.3, -0.25) is 0 Å². The van der Waals surface area contributed by atoms with Gasteiger partial charge in [0.15, 0.2) is 17.3 Å². The summed E-state index contributed by atoms with van der Waals surface area (Å²) in [5, 5.41) is 3.66. The Bertz CT molecular complexity index is 599. The van der Waals surface area contributed by atoms with Crippen LogP contribution in [0.4, 0.5) is 10.3 Å². The third kappa shape index (κ3) is 1.54. The molecule has 7 heteroatoms. The van der Waals surface area contributed by atoms with Crippen LogP contribution in [0, 0.1) is 5.82 Å². The number of benzene rings is 1. The molecule has 0 radical (unpaired) electrons. The molecule has 2 aromatic rings. The van der Waals surface area contributed by atoms with E-state index in [1.165, 1.54) is 12.1 Å². The molecule has 0 fully saturated rings. The zero-order valence-corrected chi connectivity index (χ0v) is 9.95. The summed E-state index contributed by atoms with van der Waals surface area (Å²) in [5.74, 6) is 0.424. The van der Waals surface area contributed by atoms with Crippen LogP contribution in [-0.2, 0) is 0 Å². The normalized spacial score (nSPS) is 13.1. The van der Waals surface area contributed by atoms with E-state index in [2.05, 4.69) is 21.1 Å². The molecule has 1 aliphatic heterocycles. The molecular weight excluding hydrogens is 295 g/mol. The van der Waals surface area contributed by atoms with Crippen LogP contribution in [0.15, 0.2) is 21.1 Å². The molecule has 88 valence electrons. The zero-order chi connectivity index (χ0) is 12.0. The van der Waals surface area contributed by atoms with Crippen molar-refractivity contribution in [2.75, 3.05) is 12.5 Å². The number of ether oxygens (including phenoxy) is 2. The van der Waals surface area contributed by atoms with Crippen LogP contribution < -0.4 is 15.2 Å². The van der Waals surface area contributed by atoms with Crippen molar-refractivity contribution in [2.24, 2.45) is 0 Å². The second-order valence-electron chi connectivity index (χ2n) is 3.40. The molecule has 0 saturated heterocycles. The third-order valence-corrected chi connectivity index (χ3v) is 3.06. The first-order valence-corrected chi connectivity index (χ1v) is 5.46. The molecule has 2 heterocycles. The number of hydrogen-bond acceptors (Lipinski definition) is 5. The summed E-state index contributed by atoms with van der Waals surface area (Å²) in [6, 6.07) is 2.94. The Morgan fingerprint density at radius 3 is 2.88 bits per heavy atom. The first-order chi connectivity index (χ1) is 8.16. The predicted octanol–water partition coefficient (Wildman–Crippen LogP) is 2.55. The van der Waals surface area contributed by atoms with Crippen LogP contribution in [-0.4, -0.2) is 11.9 Å². The summed E-state index contributed by atoms with van der Waals surface area (Å²) in [4.78, 5) is 0. The van der Waals surface area contributed by atoms with Crippen molar-refractivity contribution >= 4 is 21.8 Å². The Morgan fingerprint density at radius 1 is 1.35 bits per heavy atom. The molecule has 5 nitrogen and oxygen atoms in total. The van der Waals surface area contributed by atoms with E-state index in [9.17, 15) is 4.39 Å². The minimum atomic E-state index is -0.498. The lowest BCUT2D eigenvalue weighted by molar-refractivity contribution is 0.173. The number of nitrogens with zero attached hydrogens (tertiary/aromatic N) is 1. The number of rotatable bonds is 1. The smallest absolute Gasteiger partial charge is 0.231 e. The van der Waals surface area contributed by atoms with E-state index in [0.29, 0.717) is 17.2 Å². The number of hydrogen-bond donors (Lipinski definition) is 1. The van der Waals surface area contributed by atoms with Gasteiger partial charge in [0.2, 0.25) is 12.7 Å². The largest absolute Gasteiger partial charge is 0.454 e. The third-order valence-electron chi connectivity index (χ3n) is 2.35. The van der Waals surface area contributed by atoms with E-state index < -0.39 is 5.82 Å². The van der Waals surface area contributed by atoms with Gasteiger partial charge in [0.1, 0.15) is 5.69 Å². The lowest BCUT2D eigenvalue weighted by Crippen LogP contribution is -1.93. The monoisotopic (exact) mass is 300 g/mol. The highest BCUT2D eigenvalue weighted by Gasteiger charge is 2.25. The standard InChI is InChI=1S/C10H6BrFN2O3/c11-8-9(12)4(5-2-7(13)17-14-5)1-6-10(8)16-3-15-6/h1-2H,3,13H2. The van der Waals surface area contributed by atoms with E-state index in [-0.39, 0.29) is 22.7 Å². The molecule has 0 aliphatic carbocycles. The van der Waals surface area contributed by atoms with E-state index in [1.54, 1.807) is 0 Å². The maximum atomic E-state index is 14.0. The molecule has 0 amide bonds. The fourth-order valence-corrected chi connectivity index (χ4v) is 2.11. The Hall–Kier alpha value is -1.76. The number of halogens is 2. The van der Waals surface area contributed by atoms with Crippen molar-refractivity contribution in [1.29, 1.82) is 0 Å². The van der Waals surface area contributed by atoms with Gasteiger partial charge in [0.05, 0.1) is 4.47 Å². The highest BCUT2D eigenvalue weighted by molar-refractivity contribution is 9.10. The molecule has 1 aliphatic rings. The summed E-state index contributed by atoms with van der Waals surface area (Å²) < 4.78 is 29.3. The van der Waals surface area contributed by atoms with Gasteiger partial charge in [-0.2, -0.15) is 0 Å². The van der Waals surface area contributed by atoms with Crippen LogP contribution in [0.3, 0.4) is 0 Å². The topological polar surface area (TPSA) is 70.5 Å². The maximum Gasteiger partial charge on any atom is 0.231 e.